The van der Waals surface area contributed by atoms with Crippen LogP contribution in [-0.4, -0.2) is 59.2 Å². The summed E-state index contributed by atoms with van der Waals surface area (Å²) in [4.78, 5) is 11.6. The fraction of sp³-hybridized carbons (Fsp3) is 0.379. The molecule has 1 aliphatic rings. The second kappa shape index (κ2) is 10.8. The fourth-order valence-corrected chi connectivity index (χ4v) is 4.96. The van der Waals surface area contributed by atoms with Crippen molar-refractivity contribution in [1.82, 2.24) is 20.2 Å². The highest BCUT2D eigenvalue weighted by Crippen LogP contribution is 2.39. The van der Waals surface area contributed by atoms with Crippen LogP contribution in [0.4, 0.5) is 5.69 Å². The summed E-state index contributed by atoms with van der Waals surface area (Å²) in [6.07, 6.45) is 1.08. The van der Waals surface area contributed by atoms with E-state index in [0.717, 1.165) is 65.3 Å². The van der Waals surface area contributed by atoms with Gasteiger partial charge >= 0.3 is 0 Å². The molecule has 0 spiro atoms. The van der Waals surface area contributed by atoms with Gasteiger partial charge in [-0.3, -0.25) is 0 Å². The number of ether oxygens (including phenoxy) is 3. The smallest absolute Gasteiger partial charge is 0.233 e. The highest BCUT2D eigenvalue weighted by Gasteiger charge is 2.27. The Morgan fingerprint density at radius 3 is 2.47 bits per heavy atom. The molecule has 0 saturated carbocycles. The minimum absolute atomic E-state index is 0.433. The average Bonchev–Trinajstić information content (AvgIpc) is 2.91. The Morgan fingerprint density at radius 1 is 1.00 bits per heavy atom. The minimum Gasteiger partial charge on any atom is -0.480 e. The zero-order chi connectivity index (χ0) is 26.9. The van der Waals surface area contributed by atoms with Crippen molar-refractivity contribution in [3.63, 3.8) is 0 Å². The number of fused-ring (bicyclic) bond motifs is 1. The molecule has 0 aliphatic carbocycles. The Balaban J connectivity index is 1.60. The monoisotopic (exact) mass is 533 g/mol. The van der Waals surface area contributed by atoms with Crippen LogP contribution in [0.3, 0.4) is 0 Å². The van der Waals surface area contributed by atoms with Gasteiger partial charge in [-0.2, -0.15) is 0 Å². The summed E-state index contributed by atoms with van der Waals surface area (Å²) in [5, 5.41) is 10.1. The molecule has 8 nitrogen and oxygen atoms in total. The molecule has 1 atom stereocenters. The Hall–Kier alpha value is -3.33. The number of aromatic nitrogens is 4. The first-order valence-corrected chi connectivity index (χ1v) is 13.0. The van der Waals surface area contributed by atoms with E-state index in [1.54, 1.807) is 19.5 Å². The molecule has 9 heteroatoms. The van der Waals surface area contributed by atoms with Crippen molar-refractivity contribution in [2.75, 3.05) is 38.3 Å². The Bertz CT molecular complexity index is 1430. The van der Waals surface area contributed by atoms with Crippen molar-refractivity contribution in [2.24, 2.45) is 0 Å². The number of aryl methyl sites for hydroxylation is 1. The van der Waals surface area contributed by atoms with Gasteiger partial charge in [0.15, 0.2) is 0 Å². The van der Waals surface area contributed by atoms with E-state index >= 15 is 0 Å². The standard InChI is InChI=1S/C29H32ClN5O3/c1-18-14-23(30)22(28(38-29(2,3)4)24-8-9-26(36-5)34-33-24)16-21(18)27-20-7-6-19(15-25(20)31-17-32-27)35-10-12-37-13-11-35/h6-9,14-17,28H,10-13H2,1-5H3/t28-/m0/s1. The van der Waals surface area contributed by atoms with E-state index in [1.165, 1.54) is 0 Å². The molecule has 1 aliphatic heterocycles. The lowest BCUT2D eigenvalue weighted by Gasteiger charge is -2.29. The Morgan fingerprint density at radius 2 is 1.79 bits per heavy atom. The van der Waals surface area contributed by atoms with Crippen LogP contribution in [0, 0.1) is 6.92 Å². The minimum atomic E-state index is -0.540. The van der Waals surface area contributed by atoms with Crippen LogP contribution in [0.5, 0.6) is 5.88 Å². The molecule has 2 aromatic carbocycles. The SMILES string of the molecule is COc1ccc([C@@H](OC(C)(C)C)c2cc(-c3ncnc4cc(N5CCOCC5)ccc34)c(C)cc2Cl)nn1. The Labute approximate surface area is 227 Å². The van der Waals surface area contributed by atoms with Gasteiger partial charge in [0.25, 0.3) is 0 Å². The third kappa shape index (κ3) is 5.57. The first-order chi connectivity index (χ1) is 18.2. The third-order valence-corrected chi connectivity index (χ3v) is 6.81. The van der Waals surface area contributed by atoms with Crippen molar-refractivity contribution in [3.05, 3.63) is 70.6 Å². The van der Waals surface area contributed by atoms with E-state index in [9.17, 15) is 0 Å². The van der Waals surface area contributed by atoms with Gasteiger partial charge in [-0.25, -0.2) is 9.97 Å². The van der Waals surface area contributed by atoms with Crippen LogP contribution >= 0.6 is 11.6 Å². The number of hydrogen-bond donors (Lipinski definition) is 0. The van der Waals surface area contributed by atoms with Crippen LogP contribution in [0.15, 0.2) is 48.8 Å². The van der Waals surface area contributed by atoms with Gasteiger partial charge < -0.3 is 19.1 Å². The van der Waals surface area contributed by atoms with E-state index in [-0.39, 0.29) is 0 Å². The molecule has 1 fully saturated rings. The van der Waals surface area contributed by atoms with Gasteiger partial charge in [0, 0.05) is 46.4 Å². The Kier molecular flexibility index (Phi) is 7.47. The summed E-state index contributed by atoms with van der Waals surface area (Å²) in [7, 11) is 1.56. The van der Waals surface area contributed by atoms with Crippen LogP contribution in [0.25, 0.3) is 22.2 Å². The molecule has 4 aromatic rings. The summed E-state index contributed by atoms with van der Waals surface area (Å²) in [6, 6.07) is 14.0. The number of hydrogen-bond acceptors (Lipinski definition) is 8. The summed E-state index contributed by atoms with van der Waals surface area (Å²) in [5.74, 6) is 0.433. The first-order valence-electron chi connectivity index (χ1n) is 12.7. The van der Waals surface area contributed by atoms with Crippen LogP contribution in [0.2, 0.25) is 5.02 Å². The molecule has 0 radical (unpaired) electrons. The number of nitrogens with zero attached hydrogens (tertiary/aromatic N) is 5. The number of benzene rings is 2. The van der Waals surface area contributed by atoms with E-state index < -0.39 is 11.7 Å². The van der Waals surface area contributed by atoms with Crippen LogP contribution < -0.4 is 9.64 Å². The van der Waals surface area contributed by atoms with Gasteiger partial charge in [0.1, 0.15) is 12.4 Å². The third-order valence-electron chi connectivity index (χ3n) is 6.49. The first kappa shape index (κ1) is 26.3. The van der Waals surface area contributed by atoms with E-state index in [2.05, 4.69) is 44.3 Å². The maximum Gasteiger partial charge on any atom is 0.233 e. The molecule has 38 heavy (non-hydrogen) atoms. The summed E-state index contributed by atoms with van der Waals surface area (Å²) < 4.78 is 17.2. The average molecular weight is 534 g/mol. The number of morpholine rings is 1. The molecule has 0 N–H and O–H groups in total. The highest BCUT2D eigenvalue weighted by molar-refractivity contribution is 6.31. The molecule has 198 valence electrons. The van der Waals surface area contributed by atoms with Crippen LogP contribution in [-0.2, 0) is 9.47 Å². The lowest BCUT2D eigenvalue weighted by atomic mass is 9.95. The van der Waals surface area contributed by atoms with Crippen molar-refractivity contribution in [1.29, 1.82) is 0 Å². The molecule has 5 rings (SSSR count). The molecule has 3 heterocycles. The molecular formula is C29H32ClN5O3. The summed E-state index contributed by atoms with van der Waals surface area (Å²) in [6.45, 7) is 11.2. The van der Waals surface area contributed by atoms with Gasteiger partial charge in [-0.1, -0.05) is 11.6 Å². The summed E-state index contributed by atoms with van der Waals surface area (Å²) in [5.41, 5.74) is 5.80. The van der Waals surface area contributed by atoms with Gasteiger partial charge in [-0.15, -0.1) is 10.2 Å². The van der Waals surface area contributed by atoms with Gasteiger partial charge in [0.2, 0.25) is 5.88 Å². The normalized spacial score (nSPS) is 15.1. The number of rotatable bonds is 6. The highest BCUT2D eigenvalue weighted by atomic mass is 35.5. The van der Waals surface area contributed by atoms with Crippen molar-refractivity contribution in [2.45, 2.75) is 39.4 Å². The maximum absolute atomic E-state index is 6.84. The number of halogens is 1. The largest absolute Gasteiger partial charge is 0.480 e. The molecule has 2 aromatic heterocycles. The molecule has 0 bridgehead atoms. The number of anilines is 1. The lowest BCUT2D eigenvalue weighted by molar-refractivity contribution is -0.0449. The molecule has 1 saturated heterocycles. The van der Waals surface area contributed by atoms with E-state index in [1.807, 2.05) is 39.8 Å². The maximum atomic E-state index is 6.84. The fourth-order valence-electron chi connectivity index (χ4n) is 4.64. The molecule has 0 unspecified atom stereocenters. The van der Waals surface area contributed by atoms with Crippen LogP contribution in [0.1, 0.15) is 43.7 Å². The molecular weight excluding hydrogens is 502 g/mol. The van der Waals surface area contributed by atoms with Crippen molar-refractivity contribution >= 4 is 28.2 Å². The van der Waals surface area contributed by atoms with Gasteiger partial charge in [-0.05, 0) is 69.7 Å². The quantitative estimate of drug-likeness (QED) is 0.307. The molecule has 0 amide bonds. The second-order valence-electron chi connectivity index (χ2n) is 10.3. The zero-order valence-corrected chi connectivity index (χ0v) is 23.1. The van der Waals surface area contributed by atoms with Gasteiger partial charge in [0.05, 0.1) is 42.8 Å². The lowest BCUT2D eigenvalue weighted by Crippen LogP contribution is -2.36. The predicted octanol–water partition coefficient (Wildman–Crippen LogP) is 5.80. The zero-order valence-electron chi connectivity index (χ0n) is 22.4. The predicted molar refractivity (Wildman–Crippen MR) is 149 cm³/mol. The van der Waals surface area contributed by atoms with Crippen molar-refractivity contribution < 1.29 is 14.2 Å². The second-order valence-corrected chi connectivity index (χ2v) is 10.7. The number of methoxy groups -OCH3 is 1. The summed E-state index contributed by atoms with van der Waals surface area (Å²) >= 11 is 6.84. The van der Waals surface area contributed by atoms with E-state index in [0.29, 0.717) is 16.6 Å². The topological polar surface area (TPSA) is 82.5 Å². The van der Waals surface area contributed by atoms with Crippen molar-refractivity contribution in [3.8, 4) is 17.1 Å². The van der Waals surface area contributed by atoms with E-state index in [4.69, 9.17) is 30.8 Å².